The van der Waals surface area contributed by atoms with Gasteiger partial charge in [-0.05, 0) is 0 Å². The Hall–Kier alpha value is -0.590. The van der Waals surface area contributed by atoms with Gasteiger partial charge >= 0.3 is 13.9 Å². The van der Waals surface area contributed by atoms with E-state index in [2.05, 4.69) is 5.09 Å². The smallest absolute Gasteiger partial charge is 0.429 e. The second-order valence-corrected chi connectivity index (χ2v) is 5.00. The second-order valence-electron chi connectivity index (χ2n) is 3.74. The molecular formula is C9H17NO6P+. The molecule has 0 radical (unpaired) electrons. The summed E-state index contributed by atoms with van der Waals surface area (Å²) >= 11 is 0. The lowest BCUT2D eigenvalue weighted by Crippen LogP contribution is -2.55. The van der Waals surface area contributed by atoms with Crippen molar-refractivity contribution < 1.29 is 28.7 Å². The first-order valence-electron chi connectivity index (χ1n) is 5.10. The highest BCUT2D eigenvalue weighted by atomic mass is 31.1. The molecule has 98 valence electrons. The highest BCUT2D eigenvalue weighted by Crippen LogP contribution is 2.26. The number of nitrogens with one attached hydrogen (secondary N) is 1. The van der Waals surface area contributed by atoms with E-state index in [1.54, 1.807) is 0 Å². The molecule has 0 amide bonds. The van der Waals surface area contributed by atoms with Crippen LogP contribution >= 0.6 is 7.95 Å². The summed E-state index contributed by atoms with van der Waals surface area (Å²) in [5.74, 6) is -1.10. The second kappa shape index (κ2) is 6.37. The van der Waals surface area contributed by atoms with Gasteiger partial charge in [-0.2, -0.15) is 0 Å². The lowest BCUT2D eigenvalue weighted by atomic mass is 10.0. The Kier molecular flexibility index (Phi) is 5.42. The third kappa shape index (κ3) is 3.69. The minimum atomic E-state index is -1.57. The molecule has 1 aliphatic rings. The predicted octanol–water partition coefficient (Wildman–Crippen LogP) is 0.178. The first kappa shape index (κ1) is 14.5. The zero-order valence-corrected chi connectivity index (χ0v) is 10.8. The van der Waals surface area contributed by atoms with Gasteiger partial charge in [0.15, 0.2) is 19.1 Å². The first-order chi connectivity index (χ1) is 7.99. The van der Waals surface area contributed by atoms with Crippen LogP contribution in [-0.4, -0.2) is 56.5 Å². The number of methoxy groups -OCH3 is 2. The molecule has 8 heteroatoms. The lowest BCUT2D eigenvalue weighted by Gasteiger charge is -2.36. The number of carboxylic acid groups (broad SMARTS) is 1. The Balaban J connectivity index is 2.76. The van der Waals surface area contributed by atoms with Gasteiger partial charge in [0.2, 0.25) is 0 Å². The van der Waals surface area contributed by atoms with Crippen LogP contribution in [0.25, 0.3) is 0 Å². The summed E-state index contributed by atoms with van der Waals surface area (Å²) in [5.41, 5.74) is 0. The third-order valence-electron chi connectivity index (χ3n) is 2.56. The number of carboxylic acids is 1. The fourth-order valence-electron chi connectivity index (χ4n) is 1.82. The molecule has 5 unspecified atom stereocenters. The van der Waals surface area contributed by atoms with Crippen LogP contribution in [0.5, 0.6) is 0 Å². The van der Waals surface area contributed by atoms with E-state index < -0.39 is 32.4 Å². The van der Waals surface area contributed by atoms with E-state index in [1.165, 1.54) is 20.9 Å². The Bertz CT molecular complexity index is 299. The summed E-state index contributed by atoms with van der Waals surface area (Å²) in [5, 5.41) is 11.8. The summed E-state index contributed by atoms with van der Waals surface area (Å²) < 4.78 is 26.5. The molecule has 1 heterocycles. The fourth-order valence-corrected chi connectivity index (χ4v) is 2.51. The fraction of sp³-hybridized carbons (Fsp3) is 0.889. The van der Waals surface area contributed by atoms with Gasteiger partial charge in [0.05, 0.1) is 6.10 Å². The third-order valence-corrected chi connectivity index (χ3v) is 3.25. The van der Waals surface area contributed by atoms with Crippen LogP contribution in [-0.2, 0) is 23.6 Å². The number of carbonyl (C=O) groups is 1. The summed E-state index contributed by atoms with van der Waals surface area (Å²) in [6, 6.07) is -0.353. The van der Waals surface area contributed by atoms with Gasteiger partial charge in [0.1, 0.15) is 6.04 Å². The van der Waals surface area contributed by atoms with Crippen LogP contribution in [0.4, 0.5) is 0 Å². The number of hydrogen-bond donors (Lipinski definition) is 2. The maximum absolute atomic E-state index is 11.2. The Labute approximate surface area is 100 Å². The quantitative estimate of drug-likeness (QED) is 0.685. The molecule has 0 aromatic carbocycles. The van der Waals surface area contributed by atoms with Crippen molar-refractivity contribution in [1.82, 2.24) is 5.09 Å². The molecule has 0 saturated carbocycles. The Morgan fingerprint density at radius 2 is 2.12 bits per heavy atom. The van der Waals surface area contributed by atoms with E-state index in [9.17, 15) is 9.36 Å². The van der Waals surface area contributed by atoms with E-state index in [-0.39, 0.29) is 6.04 Å². The van der Waals surface area contributed by atoms with Crippen molar-refractivity contribution in [1.29, 1.82) is 0 Å². The van der Waals surface area contributed by atoms with Gasteiger partial charge in [-0.3, -0.25) is 0 Å². The van der Waals surface area contributed by atoms with E-state index in [0.717, 1.165) is 0 Å². The van der Waals surface area contributed by atoms with Gasteiger partial charge < -0.3 is 19.3 Å². The molecule has 0 bridgehead atoms. The molecule has 0 spiro atoms. The van der Waals surface area contributed by atoms with Gasteiger partial charge in [-0.1, -0.05) is 4.57 Å². The van der Waals surface area contributed by atoms with Gasteiger partial charge in [0, 0.05) is 20.6 Å². The van der Waals surface area contributed by atoms with Crippen molar-refractivity contribution in [3.05, 3.63) is 0 Å². The zero-order chi connectivity index (χ0) is 13.0. The molecule has 1 fully saturated rings. The Morgan fingerprint density at radius 1 is 1.47 bits per heavy atom. The molecule has 0 aromatic heterocycles. The van der Waals surface area contributed by atoms with E-state index in [1.807, 2.05) is 0 Å². The molecule has 0 aliphatic carbocycles. The minimum absolute atomic E-state index is 0.353. The lowest BCUT2D eigenvalue weighted by molar-refractivity contribution is -0.232. The Morgan fingerprint density at radius 3 is 2.53 bits per heavy atom. The topological polar surface area (TPSA) is 94.1 Å². The van der Waals surface area contributed by atoms with Crippen molar-refractivity contribution in [2.45, 2.75) is 31.0 Å². The van der Waals surface area contributed by atoms with Crippen molar-refractivity contribution in [2.24, 2.45) is 0 Å². The molecule has 5 atom stereocenters. The van der Waals surface area contributed by atoms with Crippen LogP contribution in [0, 0.1) is 0 Å². The average Bonchev–Trinajstić information content (AvgIpc) is 2.27. The summed E-state index contributed by atoms with van der Waals surface area (Å²) in [6.45, 7) is 1.52. The number of hydrogen-bond acceptors (Lipinski definition) is 5. The van der Waals surface area contributed by atoms with Crippen LogP contribution < -0.4 is 5.09 Å². The standard InChI is InChI=1S/C9H16NO6P/c1-14-6-4-5(10-17(3)13)9(15-2)16-7(6)8(11)12/h5-7,9H,4H2,1-3H3,(H-,10,11,12,13)/p+1. The largest absolute Gasteiger partial charge is 0.479 e. The number of rotatable bonds is 5. The zero-order valence-electron chi connectivity index (χ0n) is 9.95. The van der Waals surface area contributed by atoms with E-state index in [4.69, 9.17) is 19.3 Å². The van der Waals surface area contributed by atoms with Gasteiger partial charge in [0.25, 0.3) is 0 Å². The van der Waals surface area contributed by atoms with Crippen LogP contribution in [0.2, 0.25) is 0 Å². The molecule has 7 nitrogen and oxygen atoms in total. The maximum atomic E-state index is 11.2. The monoisotopic (exact) mass is 266 g/mol. The van der Waals surface area contributed by atoms with Crippen molar-refractivity contribution >= 4 is 13.9 Å². The van der Waals surface area contributed by atoms with Crippen LogP contribution in [0.1, 0.15) is 6.42 Å². The predicted molar refractivity (Wildman–Crippen MR) is 59.2 cm³/mol. The summed E-state index contributed by atoms with van der Waals surface area (Å²) in [6.07, 6.45) is -2.05. The van der Waals surface area contributed by atoms with Crippen molar-refractivity contribution in [3.63, 3.8) is 0 Å². The summed E-state index contributed by atoms with van der Waals surface area (Å²) in [7, 11) is 1.26. The molecule has 0 aromatic rings. The number of ether oxygens (including phenoxy) is 3. The molecule has 1 saturated heterocycles. The van der Waals surface area contributed by atoms with E-state index in [0.29, 0.717) is 6.42 Å². The molecular weight excluding hydrogens is 249 g/mol. The highest BCUT2D eigenvalue weighted by molar-refractivity contribution is 7.41. The maximum Gasteiger partial charge on any atom is 0.429 e. The molecule has 2 N–H and O–H groups in total. The normalized spacial score (nSPS) is 34.4. The van der Waals surface area contributed by atoms with Crippen molar-refractivity contribution in [3.8, 4) is 0 Å². The van der Waals surface area contributed by atoms with E-state index >= 15 is 0 Å². The highest BCUT2D eigenvalue weighted by Gasteiger charge is 2.44. The minimum Gasteiger partial charge on any atom is -0.479 e. The van der Waals surface area contributed by atoms with Gasteiger partial charge in [-0.25, -0.2) is 4.79 Å². The number of aliphatic carboxylic acids is 1. The van der Waals surface area contributed by atoms with Crippen molar-refractivity contribution in [2.75, 3.05) is 20.9 Å². The SMILES string of the molecule is COC1CC(N[P+](C)=O)C(OC)OC1C(=O)O. The first-order valence-corrected chi connectivity index (χ1v) is 6.81. The molecule has 1 aliphatic heterocycles. The average molecular weight is 266 g/mol. The van der Waals surface area contributed by atoms with Gasteiger partial charge in [-0.15, -0.1) is 5.09 Å². The molecule has 1 rings (SSSR count). The summed E-state index contributed by atoms with van der Waals surface area (Å²) in [4.78, 5) is 11.0. The van der Waals surface area contributed by atoms with Crippen LogP contribution in [0.3, 0.4) is 0 Å². The van der Waals surface area contributed by atoms with Crippen LogP contribution in [0.15, 0.2) is 0 Å². The molecule has 17 heavy (non-hydrogen) atoms.